The second-order valence-corrected chi connectivity index (χ2v) is 4.67. The lowest BCUT2D eigenvalue weighted by Crippen LogP contribution is -2.18. The molecule has 74 valence electrons. The SMILES string of the molecule is Clc1cccc2c1OCC1(CC1)CN2. The molecule has 0 bridgehead atoms. The van der Waals surface area contributed by atoms with Crippen molar-refractivity contribution in [1.82, 2.24) is 0 Å². The average Bonchev–Trinajstić information content (AvgIpc) is 2.96. The van der Waals surface area contributed by atoms with Gasteiger partial charge in [-0.15, -0.1) is 0 Å². The fourth-order valence-electron chi connectivity index (χ4n) is 1.85. The normalized spacial score (nSPS) is 21.8. The van der Waals surface area contributed by atoms with Crippen LogP contribution in [0, 0.1) is 5.41 Å². The molecule has 1 aromatic carbocycles. The number of benzene rings is 1. The molecule has 1 saturated carbocycles. The summed E-state index contributed by atoms with van der Waals surface area (Å²) in [6.45, 7) is 1.82. The van der Waals surface area contributed by atoms with Crippen molar-refractivity contribution in [3.05, 3.63) is 23.2 Å². The molecule has 14 heavy (non-hydrogen) atoms. The first-order valence-electron chi connectivity index (χ1n) is 4.94. The Balaban J connectivity index is 1.96. The molecule has 3 rings (SSSR count). The molecule has 2 aliphatic rings. The van der Waals surface area contributed by atoms with Gasteiger partial charge >= 0.3 is 0 Å². The van der Waals surface area contributed by atoms with Crippen LogP contribution in [0.3, 0.4) is 0 Å². The smallest absolute Gasteiger partial charge is 0.160 e. The summed E-state index contributed by atoms with van der Waals surface area (Å²) in [5.41, 5.74) is 1.42. The van der Waals surface area contributed by atoms with Crippen molar-refractivity contribution in [2.45, 2.75) is 12.8 Å². The molecule has 0 unspecified atom stereocenters. The third kappa shape index (κ3) is 1.25. The Morgan fingerprint density at radius 2 is 2.21 bits per heavy atom. The number of para-hydroxylation sites is 1. The van der Waals surface area contributed by atoms with E-state index in [1.54, 1.807) is 0 Å². The fourth-order valence-corrected chi connectivity index (χ4v) is 2.08. The summed E-state index contributed by atoms with van der Waals surface area (Å²) in [6, 6.07) is 5.83. The third-order valence-corrected chi connectivity index (χ3v) is 3.40. The summed E-state index contributed by atoms with van der Waals surface area (Å²) in [5, 5.41) is 4.11. The van der Waals surface area contributed by atoms with Crippen LogP contribution in [0.25, 0.3) is 0 Å². The Bertz CT molecular complexity index is 374. The molecular weight excluding hydrogens is 198 g/mol. The highest BCUT2D eigenvalue weighted by Gasteiger charge is 2.44. The van der Waals surface area contributed by atoms with E-state index in [9.17, 15) is 0 Å². The quantitative estimate of drug-likeness (QED) is 0.710. The van der Waals surface area contributed by atoms with Gasteiger partial charge in [-0.1, -0.05) is 17.7 Å². The Morgan fingerprint density at radius 1 is 1.36 bits per heavy atom. The Morgan fingerprint density at radius 3 is 3.00 bits per heavy atom. The van der Waals surface area contributed by atoms with Gasteiger partial charge in [0.2, 0.25) is 0 Å². The summed E-state index contributed by atoms with van der Waals surface area (Å²) in [5.74, 6) is 0.818. The van der Waals surface area contributed by atoms with Crippen molar-refractivity contribution in [2.24, 2.45) is 5.41 Å². The topological polar surface area (TPSA) is 21.3 Å². The Hall–Kier alpha value is -0.890. The van der Waals surface area contributed by atoms with E-state index in [1.807, 2.05) is 18.2 Å². The number of fused-ring (bicyclic) bond motifs is 1. The predicted molar refractivity (Wildman–Crippen MR) is 57.1 cm³/mol. The van der Waals surface area contributed by atoms with Crippen LogP contribution < -0.4 is 10.1 Å². The predicted octanol–water partition coefficient (Wildman–Crippen LogP) is 2.92. The highest BCUT2D eigenvalue weighted by atomic mass is 35.5. The number of halogens is 1. The van der Waals surface area contributed by atoms with Crippen LogP contribution in [0.2, 0.25) is 5.02 Å². The Kier molecular flexibility index (Phi) is 1.68. The molecule has 1 aromatic rings. The summed E-state index contributed by atoms with van der Waals surface area (Å²) in [7, 11) is 0. The highest BCUT2D eigenvalue weighted by Crippen LogP contribution is 2.49. The van der Waals surface area contributed by atoms with Crippen LogP contribution in [0.5, 0.6) is 5.75 Å². The van der Waals surface area contributed by atoms with Gasteiger partial charge in [0.15, 0.2) is 5.75 Å². The van der Waals surface area contributed by atoms with Gasteiger partial charge < -0.3 is 10.1 Å². The van der Waals surface area contributed by atoms with E-state index in [2.05, 4.69) is 5.32 Å². The van der Waals surface area contributed by atoms with Crippen LogP contribution in [0.1, 0.15) is 12.8 Å². The molecule has 1 aliphatic heterocycles. The van der Waals surface area contributed by atoms with E-state index < -0.39 is 0 Å². The minimum atomic E-state index is 0.391. The third-order valence-electron chi connectivity index (χ3n) is 3.10. The van der Waals surface area contributed by atoms with E-state index >= 15 is 0 Å². The molecule has 1 fully saturated rings. The first-order chi connectivity index (χ1) is 6.79. The molecule has 3 heteroatoms. The van der Waals surface area contributed by atoms with Crippen LogP contribution in [-0.2, 0) is 0 Å². The fraction of sp³-hybridized carbons (Fsp3) is 0.455. The van der Waals surface area contributed by atoms with Gasteiger partial charge in [0.1, 0.15) is 0 Å². The number of ether oxygens (including phenoxy) is 1. The highest BCUT2D eigenvalue weighted by molar-refractivity contribution is 6.32. The summed E-state index contributed by atoms with van der Waals surface area (Å²) < 4.78 is 5.76. The zero-order valence-corrected chi connectivity index (χ0v) is 8.60. The number of hydrogen-bond acceptors (Lipinski definition) is 2. The van der Waals surface area contributed by atoms with E-state index in [4.69, 9.17) is 16.3 Å². The molecule has 1 heterocycles. The lowest BCUT2D eigenvalue weighted by atomic mass is 10.1. The molecule has 1 N–H and O–H groups in total. The van der Waals surface area contributed by atoms with Gasteiger partial charge in [0, 0.05) is 12.0 Å². The molecule has 0 radical (unpaired) electrons. The molecule has 1 spiro atoms. The van der Waals surface area contributed by atoms with Crippen LogP contribution in [0.4, 0.5) is 5.69 Å². The lowest BCUT2D eigenvalue weighted by molar-refractivity contribution is 0.251. The van der Waals surface area contributed by atoms with Crippen molar-refractivity contribution in [2.75, 3.05) is 18.5 Å². The zero-order chi connectivity index (χ0) is 9.60. The maximum atomic E-state index is 6.06. The standard InChI is InChI=1S/C11H12ClNO/c12-8-2-1-3-9-10(8)14-7-11(4-5-11)6-13-9/h1-3,13H,4-7H2. The molecule has 0 atom stereocenters. The summed E-state index contributed by atoms with van der Waals surface area (Å²) in [6.07, 6.45) is 2.54. The van der Waals surface area contributed by atoms with Crippen LogP contribution in [0.15, 0.2) is 18.2 Å². The van der Waals surface area contributed by atoms with Crippen molar-refractivity contribution in [1.29, 1.82) is 0 Å². The van der Waals surface area contributed by atoms with Gasteiger partial charge in [0.05, 0.1) is 17.3 Å². The van der Waals surface area contributed by atoms with Gasteiger partial charge in [-0.05, 0) is 25.0 Å². The summed E-state index contributed by atoms with van der Waals surface area (Å²) >= 11 is 6.06. The summed E-state index contributed by atoms with van der Waals surface area (Å²) in [4.78, 5) is 0. The Labute approximate surface area is 88.2 Å². The van der Waals surface area contributed by atoms with Gasteiger partial charge in [-0.2, -0.15) is 0 Å². The second-order valence-electron chi connectivity index (χ2n) is 4.26. The van der Waals surface area contributed by atoms with Crippen molar-refractivity contribution in [3.63, 3.8) is 0 Å². The number of rotatable bonds is 0. The van der Waals surface area contributed by atoms with E-state index in [0.717, 1.165) is 24.6 Å². The average molecular weight is 210 g/mol. The van der Waals surface area contributed by atoms with E-state index in [-0.39, 0.29) is 0 Å². The number of anilines is 1. The molecule has 0 saturated heterocycles. The van der Waals surface area contributed by atoms with E-state index in [0.29, 0.717) is 10.4 Å². The molecule has 0 amide bonds. The van der Waals surface area contributed by atoms with Crippen LogP contribution in [-0.4, -0.2) is 13.2 Å². The van der Waals surface area contributed by atoms with Gasteiger partial charge in [-0.3, -0.25) is 0 Å². The molecule has 0 aromatic heterocycles. The van der Waals surface area contributed by atoms with Crippen molar-refractivity contribution < 1.29 is 4.74 Å². The van der Waals surface area contributed by atoms with Crippen LogP contribution >= 0.6 is 11.6 Å². The largest absolute Gasteiger partial charge is 0.489 e. The zero-order valence-electron chi connectivity index (χ0n) is 7.85. The first kappa shape index (κ1) is 8.42. The number of nitrogens with one attached hydrogen (secondary N) is 1. The lowest BCUT2D eigenvalue weighted by Gasteiger charge is -2.10. The minimum Gasteiger partial charge on any atom is -0.489 e. The second kappa shape index (κ2) is 2.80. The van der Waals surface area contributed by atoms with Gasteiger partial charge in [-0.25, -0.2) is 0 Å². The minimum absolute atomic E-state index is 0.391. The first-order valence-corrected chi connectivity index (χ1v) is 5.32. The van der Waals surface area contributed by atoms with Gasteiger partial charge in [0.25, 0.3) is 0 Å². The maximum absolute atomic E-state index is 6.06. The van der Waals surface area contributed by atoms with E-state index in [1.165, 1.54) is 12.8 Å². The van der Waals surface area contributed by atoms with Crippen molar-refractivity contribution in [3.8, 4) is 5.75 Å². The molecule has 1 aliphatic carbocycles. The number of hydrogen-bond donors (Lipinski definition) is 1. The monoisotopic (exact) mass is 209 g/mol. The molecular formula is C11H12ClNO. The van der Waals surface area contributed by atoms with Crippen molar-refractivity contribution >= 4 is 17.3 Å². The maximum Gasteiger partial charge on any atom is 0.160 e. The molecule has 2 nitrogen and oxygen atoms in total.